The van der Waals surface area contributed by atoms with Crippen LogP contribution in [0.4, 0.5) is 5.69 Å². The SMILES string of the molecule is O=C1CC(c2cnc3ccccc3n2)c2cc3c(cc2N1)OCCO3. The van der Waals surface area contributed by atoms with E-state index in [0.717, 1.165) is 28.0 Å². The fourth-order valence-electron chi connectivity index (χ4n) is 3.40. The first kappa shape index (κ1) is 14.2. The summed E-state index contributed by atoms with van der Waals surface area (Å²) >= 11 is 0. The predicted octanol–water partition coefficient (Wildman–Crippen LogP) is 2.88. The molecule has 1 N–H and O–H groups in total. The van der Waals surface area contributed by atoms with Crippen LogP contribution in [0.1, 0.15) is 23.6 Å². The molecule has 1 aromatic heterocycles. The van der Waals surface area contributed by atoms with Gasteiger partial charge in [-0.2, -0.15) is 0 Å². The van der Waals surface area contributed by atoms with Gasteiger partial charge in [-0.25, -0.2) is 4.98 Å². The highest BCUT2D eigenvalue weighted by molar-refractivity contribution is 5.96. The Kier molecular flexibility index (Phi) is 3.09. The van der Waals surface area contributed by atoms with Crippen LogP contribution >= 0.6 is 0 Å². The third-order valence-electron chi connectivity index (χ3n) is 4.58. The summed E-state index contributed by atoms with van der Waals surface area (Å²) in [4.78, 5) is 21.4. The first-order valence-corrected chi connectivity index (χ1v) is 8.23. The molecule has 25 heavy (non-hydrogen) atoms. The Balaban J connectivity index is 1.65. The van der Waals surface area contributed by atoms with Crippen LogP contribution in [-0.2, 0) is 4.79 Å². The topological polar surface area (TPSA) is 73.3 Å². The monoisotopic (exact) mass is 333 g/mol. The Labute approximate surface area is 143 Å². The number of hydrogen-bond acceptors (Lipinski definition) is 5. The number of ether oxygens (including phenoxy) is 2. The number of carbonyl (C=O) groups excluding carboxylic acids is 1. The van der Waals surface area contributed by atoms with Crippen molar-refractivity contribution in [3.8, 4) is 11.5 Å². The van der Waals surface area contributed by atoms with Gasteiger partial charge in [-0.1, -0.05) is 12.1 Å². The summed E-state index contributed by atoms with van der Waals surface area (Å²) in [5.74, 6) is 1.18. The van der Waals surface area contributed by atoms with Crippen molar-refractivity contribution in [3.05, 3.63) is 53.9 Å². The lowest BCUT2D eigenvalue weighted by atomic mass is 9.87. The zero-order valence-electron chi connectivity index (χ0n) is 13.4. The molecule has 1 amide bonds. The lowest BCUT2D eigenvalue weighted by molar-refractivity contribution is -0.116. The second kappa shape index (κ2) is 5.44. The molecule has 3 heterocycles. The Hall–Kier alpha value is -3.15. The molecule has 0 spiro atoms. The van der Waals surface area contributed by atoms with Crippen molar-refractivity contribution < 1.29 is 14.3 Å². The van der Waals surface area contributed by atoms with Gasteiger partial charge in [0.25, 0.3) is 0 Å². The zero-order chi connectivity index (χ0) is 16.8. The standard InChI is InChI=1S/C19H15N3O3/c23-19-8-12(16-10-20-13-3-1-2-4-14(13)21-16)11-7-17-18(9-15(11)22-19)25-6-5-24-17/h1-4,7,9-10,12H,5-6,8H2,(H,22,23). The Morgan fingerprint density at radius 3 is 2.64 bits per heavy atom. The number of nitrogens with one attached hydrogen (secondary N) is 1. The molecule has 0 saturated heterocycles. The molecular weight excluding hydrogens is 318 g/mol. The average molecular weight is 333 g/mol. The summed E-state index contributed by atoms with van der Waals surface area (Å²) < 4.78 is 11.3. The van der Waals surface area contributed by atoms with Crippen molar-refractivity contribution in [2.45, 2.75) is 12.3 Å². The Morgan fingerprint density at radius 2 is 1.80 bits per heavy atom. The van der Waals surface area contributed by atoms with Crippen LogP contribution < -0.4 is 14.8 Å². The molecule has 5 rings (SSSR count). The zero-order valence-corrected chi connectivity index (χ0v) is 13.4. The highest BCUT2D eigenvalue weighted by Gasteiger charge is 2.30. The van der Waals surface area contributed by atoms with E-state index in [4.69, 9.17) is 14.5 Å². The summed E-state index contributed by atoms with van der Waals surface area (Å²) in [6.45, 7) is 1.04. The van der Waals surface area contributed by atoms with Gasteiger partial charge in [-0.3, -0.25) is 9.78 Å². The van der Waals surface area contributed by atoms with E-state index in [1.807, 2.05) is 36.4 Å². The summed E-state index contributed by atoms with van der Waals surface area (Å²) in [5.41, 5.74) is 4.18. The Morgan fingerprint density at radius 1 is 1.04 bits per heavy atom. The van der Waals surface area contributed by atoms with Gasteiger partial charge >= 0.3 is 0 Å². The highest BCUT2D eigenvalue weighted by atomic mass is 16.6. The largest absolute Gasteiger partial charge is 0.486 e. The van der Waals surface area contributed by atoms with Gasteiger partial charge in [-0.05, 0) is 23.8 Å². The normalized spacial score (nSPS) is 18.6. The number of aromatic nitrogens is 2. The molecule has 3 aromatic rings. The van der Waals surface area contributed by atoms with Crippen molar-refractivity contribution >= 4 is 22.6 Å². The molecule has 2 aliphatic rings. The maximum Gasteiger partial charge on any atom is 0.225 e. The van der Waals surface area contributed by atoms with E-state index in [-0.39, 0.29) is 11.8 Å². The maximum absolute atomic E-state index is 12.2. The van der Waals surface area contributed by atoms with Crippen molar-refractivity contribution in [1.82, 2.24) is 9.97 Å². The lowest BCUT2D eigenvalue weighted by Gasteiger charge is -2.28. The number of nitrogens with zero attached hydrogens (tertiary/aromatic N) is 2. The van der Waals surface area contributed by atoms with Gasteiger partial charge in [0.1, 0.15) is 13.2 Å². The van der Waals surface area contributed by atoms with E-state index in [9.17, 15) is 4.79 Å². The second-order valence-corrected chi connectivity index (χ2v) is 6.17. The van der Waals surface area contributed by atoms with Crippen molar-refractivity contribution in [2.24, 2.45) is 0 Å². The fourth-order valence-corrected chi connectivity index (χ4v) is 3.40. The first-order valence-electron chi connectivity index (χ1n) is 8.23. The number of rotatable bonds is 1. The van der Waals surface area contributed by atoms with Gasteiger partial charge in [0.05, 0.1) is 16.7 Å². The minimum atomic E-state index is -0.156. The molecule has 0 aliphatic carbocycles. The summed E-state index contributed by atoms with van der Waals surface area (Å²) in [7, 11) is 0. The van der Waals surface area contributed by atoms with Crippen LogP contribution in [0.15, 0.2) is 42.6 Å². The molecule has 0 bridgehead atoms. The quantitative estimate of drug-likeness (QED) is 0.741. The van der Waals surface area contributed by atoms with Gasteiger partial charge in [0.15, 0.2) is 11.5 Å². The number of anilines is 1. The molecule has 1 unspecified atom stereocenters. The van der Waals surface area contributed by atoms with Crippen molar-refractivity contribution in [3.63, 3.8) is 0 Å². The van der Waals surface area contributed by atoms with Crippen LogP contribution in [0.25, 0.3) is 11.0 Å². The molecule has 0 radical (unpaired) electrons. The number of fused-ring (bicyclic) bond motifs is 3. The first-order chi connectivity index (χ1) is 12.3. The lowest BCUT2D eigenvalue weighted by Crippen LogP contribution is -2.25. The van der Waals surface area contributed by atoms with E-state index in [1.54, 1.807) is 6.20 Å². The number of para-hydroxylation sites is 2. The van der Waals surface area contributed by atoms with Crippen LogP contribution in [0, 0.1) is 0 Å². The second-order valence-electron chi connectivity index (χ2n) is 6.17. The van der Waals surface area contributed by atoms with Crippen LogP contribution in [-0.4, -0.2) is 29.1 Å². The molecule has 2 aliphatic heterocycles. The highest BCUT2D eigenvalue weighted by Crippen LogP contribution is 2.43. The summed E-state index contributed by atoms with van der Waals surface area (Å²) in [6.07, 6.45) is 2.09. The van der Waals surface area contributed by atoms with E-state index in [1.165, 1.54) is 0 Å². The van der Waals surface area contributed by atoms with Crippen LogP contribution in [0.5, 0.6) is 11.5 Å². The third kappa shape index (κ3) is 2.38. The van der Waals surface area contributed by atoms with Gasteiger partial charge in [0, 0.05) is 30.3 Å². The third-order valence-corrected chi connectivity index (χ3v) is 4.58. The molecule has 0 saturated carbocycles. The molecule has 124 valence electrons. The van der Waals surface area contributed by atoms with E-state index in [2.05, 4.69) is 10.3 Å². The van der Waals surface area contributed by atoms with Crippen molar-refractivity contribution in [2.75, 3.05) is 18.5 Å². The minimum Gasteiger partial charge on any atom is -0.486 e. The number of hydrogen-bond donors (Lipinski definition) is 1. The number of carbonyl (C=O) groups is 1. The number of benzene rings is 2. The van der Waals surface area contributed by atoms with Gasteiger partial charge in [0.2, 0.25) is 5.91 Å². The van der Waals surface area contributed by atoms with Gasteiger partial charge in [-0.15, -0.1) is 0 Å². The minimum absolute atomic E-state index is 0.0378. The van der Waals surface area contributed by atoms with E-state index >= 15 is 0 Å². The maximum atomic E-state index is 12.2. The molecule has 1 atom stereocenters. The summed E-state index contributed by atoms with van der Waals surface area (Å²) in [6, 6.07) is 11.5. The van der Waals surface area contributed by atoms with Crippen molar-refractivity contribution in [1.29, 1.82) is 0 Å². The van der Waals surface area contributed by atoms with Crippen LogP contribution in [0.2, 0.25) is 0 Å². The molecule has 0 fully saturated rings. The fraction of sp³-hybridized carbons (Fsp3) is 0.211. The van der Waals surface area contributed by atoms with E-state index in [0.29, 0.717) is 31.1 Å². The van der Waals surface area contributed by atoms with Gasteiger partial charge < -0.3 is 14.8 Å². The van der Waals surface area contributed by atoms with E-state index < -0.39 is 0 Å². The predicted molar refractivity (Wildman–Crippen MR) is 92.1 cm³/mol. The molecule has 6 nitrogen and oxygen atoms in total. The molecule has 6 heteroatoms. The Bertz CT molecular complexity index is 1000. The average Bonchev–Trinajstić information content (AvgIpc) is 2.65. The summed E-state index contributed by atoms with van der Waals surface area (Å²) in [5, 5.41) is 2.92. The number of amides is 1. The smallest absolute Gasteiger partial charge is 0.225 e. The molecule has 2 aromatic carbocycles. The molecular formula is C19H15N3O3. The van der Waals surface area contributed by atoms with Crippen LogP contribution in [0.3, 0.4) is 0 Å².